The molecule has 1 aliphatic heterocycles. The molecule has 4 nitrogen and oxygen atoms in total. The van der Waals surface area contributed by atoms with Crippen LogP contribution in [-0.2, 0) is 24.9 Å². The largest absolute Gasteiger partial charge is 0.377 e. The Labute approximate surface area is 144 Å². The summed E-state index contributed by atoms with van der Waals surface area (Å²) in [6.07, 6.45) is 4.53. The maximum absolute atomic E-state index is 11.6. The van der Waals surface area contributed by atoms with Crippen molar-refractivity contribution in [3.8, 4) is 0 Å². The van der Waals surface area contributed by atoms with Gasteiger partial charge in [0.2, 0.25) is 0 Å². The summed E-state index contributed by atoms with van der Waals surface area (Å²) in [5.41, 5.74) is 3.25. The number of ether oxygens (including phenoxy) is 1. The van der Waals surface area contributed by atoms with Crippen molar-refractivity contribution in [3.63, 3.8) is 0 Å². The highest BCUT2D eigenvalue weighted by molar-refractivity contribution is 5.94. The van der Waals surface area contributed by atoms with Crippen LogP contribution in [0.3, 0.4) is 0 Å². The number of benzene rings is 1. The van der Waals surface area contributed by atoms with Crippen LogP contribution in [0.25, 0.3) is 0 Å². The number of carbonyl (C=O) groups is 1. The Bertz CT molecular complexity index is 672. The Morgan fingerprint density at radius 3 is 2.71 bits per heavy atom. The van der Waals surface area contributed by atoms with Crippen LogP contribution in [0.2, 0.25) is 0 Å². The molecule has 1 aliphatic rings. The van der Waals surface area contributed by atoms with Gasteiger partial charge in [0.15, 0.2) is 5.78 Å². The van der Waals surface area contributed by atoms with E-state index in [1.54, 1.807) is 6.92 Å². The Morgan fingerprint density at radius 1 is 1.29 bits per heavy atom. The highest BCUT2D eigenvalue weighted by Gasteiger charge is 2.20. The molecule has 3 rings (SSSR count). The number of ketones is 1. The van der Waals surface area contributed by atoms with Crippen LogP contribution >= 0.6 is 0 Å². The minimum absolute atomic E-state index is 0.116. The summed E-state index contributed by atoms with van der Waals surface area (Å²) in [5, 5.41) is 0. The Kier molecular flexibility index (Phi) is 5.48. The van der Waals surface area contributed by atoms with Crippen molar-refractivity contribution in [2.24, 2.45) is 7.05 Å². The number of hydrogen-bond donors (Lipinski definition) is 0. The molecule has 0 N–H and O–H groups in total. The van der Waals surface area contributed by atoms with Gasteiger partial charge in [0.25, 0.3) is 0 Å². The normalized spacial score (nSPS) is 17.5. The van der Waals surface area contributed by atoms with E-state index >= 15 is 0 Å². The van der Waals surface area contributed by atoms with Gasteiger partial charge in [-0.05, 0) is 31.4 Å². The highest BCUT2D eigenvalue weighted by atomic mass is 16.5. The summed E-state index contributed by atoms with van der Waals surface area (Å²) < 4.78 is 7.89. The fourth-order valence-electron chi connectivity index (χ4n) is 3.29. The molecule has 1 aromatic carbocycles. The van der Waals surface area contributed by atoms with Gasteiger partial charge in [-0.2, -0.15) is 0 Å². The average Bonchev–Trinajstić information content (AvgIpc) is 3.19. The van der Waals surface area contributed by atoms with E-state index in [1.165, 1.54) is 5.56 Å². The van der Waals surface area contributed by atoms with Gasteiger partial charge in [-0.1, -0.05) is 30.3 Å². The van der Waals surface area contributed by atoms with Crippen molar-refractivity contribution < 1.29 is 9.53 Å². The Balaban J connectivity index is 1.74. The number of Topliss-reactive ketones (excluding diaryl/α,β-unsaturated/α-hetero) is 1. The van der Waals surface area contributed by atoms with Crippen LogP contribution in [0.1, 0.15) is 41.4 Å². The molecular weight excluding hydrogens is 300 g/mol. The van der Waals surface area contributed by atoms with E-state index < -0.39 is 0 Å². The first kappa shape index (κ1) is 16.9. The maximum Gasteiger partial charge on any atom is 0.161 e. The molecule has 1 atom stereocenters. The number of carbonyl (C=O) groups excluding carboxylic acids is 1. The lowest BCUT2D eigenvalue weighted by Crippen LogP contribution is -2.32. The average molecular weight is 326 g/mol. The highest BCUT2D eigenvalue weighted by Crippen LogP contribution is 2.18. The van der Waals surface area contributed by atoms with Crippen LogP contribution in [0.15, 0.2) is 42.6 Å². The summed E-state index contributed by atoms with van der Waals surface area (Å²) in [7, 11) is 2.01. The first-order valence-electron chi connectivity index (χ1n) is 8.66. The van der Waals surface area contributed by atoms with Gasteiger partial charge >= 0.3 is 0 Å². The number of aryl methyl sites for hydroxylation is 1. The molecule has 0 radical (unpaired) electrons. The van der Waals surface area contributed by atoms with Gasteiger partial charge in [0.1, 0.15) is 0 Å². The SMILES string of the molecule is CC(=O)c1cc(CN(Cc2ccccc2)C[C@@H]2CCCO2)n(C)c1. The molecule has 24 heavy (non-hydrogen) atoms. The zero-order chi connectivity index (χ0) is 16.9. The third-order valence-corrected chi connectivity index (χ3v) is 4.63. The molecule has 1 aromatic heterocycles. The van der Waals surface area contributed by atoms with Crippen molar-refractivity contribution in [1.29, 1.82) is 0 Å². The number of aromatic nitrogens is 1. The monoisotopic (exact) mass is 326 g/mol. The molecule has 0 spiro atoms. The van der Waals surface area contributed by atoms with E-state index in [0.717, 1.165) is 50.3 Å². The van der Waals surface area contributed by atoms with E-state index in [4.69, 9.17) is 4.74 Å². The smallest absolute Gasteiger partial charge is 0.161 e. The van der Waals surface area contributed by atoms with Gasteiger partial charge < -0.3 is 9.30 Å². The summed E-state index contributed by atoms with van der Waals surface area (Å²) in [6.45, 7) is 5.13. The van der Waals surface area contributed by atoms with Crippen LogP contribution in [-0.4, -0.2) is 34.5 Å². The van der Waals surface area contributed by atoms with Gasteiger partial charge in [-0.15, -0.1) is 0 Å². The quantitative estimate of drug-likeness (QED) is 0.731. The molecule has 1 saturated heterocycles. The number of hydrogen-bond acceptors (Lipinski definition) is 3. The lowest BCUT2D eigenvalue weighted by molar-refractivity contribution is 0.0671. The molecular formula is C20H26N2O2. The van der Waals surface area contributed by atoms with E-state index in [0.29, 0.717) is 6.10 Å². The van der Waals surface area contributed by atoms with Gasteiger partial charge in [-0.25, -0.2) is 0 Å². The number of nitrogens with zero attached hydrogens (tertiary/aromatic N) is 2. The van der Waals surface area contributed by atoms with Crippen molar-refractivity contribution >= 4 is 5.78 Å². The molecule has 128 valence electrons. The van der Waals surface area contributed by atoms with Gasteiger partial charge in [-0.3, -0.25) is 9.69 Å². The molecule has 2 aromatic rings. The van der Waals surface area contributed by atoms with Crippen LogP contribution < -0.4 is 0 Å². The lowest BCUT2D eigenvalue weighted by atomic mass is 10.1. The first-order chi connectivity index (χ1) is 11.6. The topological polar surface area (TPSA) is 34.5 Å². The molecule has 2 heterocycles. The second-order valence-corrected chi connectivity index (χ2v) is 6.68. The van der Waals surface area contributed by atoms with Crippen molar-refractivity contribution in [2.45, 2.75) is 39.0 Å². The van der Waals surface area contributed by atoms with Gasteiger partial charge in [0.05, 0.1) is 6.10 Å². The molecule has 0 unspecified atom stereocenters. The Morgan fingerprint density at radius 2 is 2.08 bits per heavy atom. The summed E-state index contributed by atoms with van der Waals surface area (Å²) in [5.74, 6) is 0.116. The predicted molar refractivity (Wildman–Crippen MR) is 94.9 cm³/mol. The fraction of sp³-hybridized carbons (Fsp3) is 0.450. The van der Waals surface area contributed by atoms with Crippen LogP contribution in [0.5, 0.6) is 0 Å². The van der Waals surface area contributed by atoms with E-state index in [2.05, 4.69) is 33.7 Å². The summed E-state index contributed by atoms with van der Waals surface area (Å²) in [4.78, 5) is 14.0. The van der Waals surface area contributed by atoms with Crippen molar-refractivity contribution in [1.82, 2.24) is 9.47 Å². The Hall–Kier alpha value is -1.91. The molecule has 0 aliphatic carbocycles. The molecule has 1 fully saturated rings. The molecule has 0 saturated carbocycles. The van der Waals surface area contributed by atoms with Crippen LogP contribution in [0.4, 0.5) is 0 Å². The second-order valence-electron chi connectivity index (χ2n) is 6.68. The maximum atomic E-state index is 11.6. The molecule has 4 heteroatoms. The zero-order valence-corrected chi connectivity index (χ0v) is 14.6. The van der Waals surface area contributed by atoms with Crippen molar-refractivity contribution in [2.75, 3.05) is 13.2 Å². The minimum atomic E-state index is 0.116. The van der Waals surface area contributed by atoms with Crippen molar-refractivity contribution in [3.05, 3.63) is 59.4 Å². The third kappa shape index (κ3) is 4.34. The number of rotatable bonds is 7. The van der Waals surface area contributed by atoms with Crippen LogP contribution in [0, 0.1) is 0 Å². The van der Waals surface area contributed by atoms with E-state index in [-0.39, 0.29) is 5.78 Å². The summed E-state index contributed by atoms with van der Waals surface area (Å²) in [6, 6.07) is 12.5. The minimum Gasteiger partial charge on any atom is -0.377 e. The molecule has 0 bridgehead atoms. The van der Waals surface area contributed by atoms with E-state index in [1.807, 2.05) is 25.4 Å². The standard InChI is InChI=1S/C20H26N2O2/c1-16(23)18-11-19(21(2)13-18)14-22(15-20-9-6-10-24-20)12-17-7-4-3-5-8-17/h3-5,7-8,11,13,20H,6,9-10,12,14-15H2,1-2H3/t20-/m0/s1. The fourth-order valence-corrected chi connectivity index (χ4v) is 3.29. The third-order valence-electron chi connectivity index (χ3n) is 4.63. The first-order valence-corrected chi connectivity index (χ1v) is 8.66. The second kappa shape index (κ2) is 7.77. The zero-order valence-electron chi connectivity index (χ0n) is 14.6. The lowest BCUT2D eigenvalue weighted by Gasteiger charge is -2.25. The van der Waals surface area contributed by atoms with Gasteiger partial charge in [0, 0.05) is 50.7 Å². The summed E-state index contributed by atoms with van der Waals surface area (Å²) >= 11 is 0. The van der Waals surface area contributed by atoms with E-state index in [9.17, 15) is 4.79 Å². The molecule has 0 amide bonds. The predicted octanol–water partition coefficient (Wildman–Crippen LogP) is 3.41.